The quantitative estimate of drug-likeness (QED) is 0.366. The molecule has 1 aromatic heterocycles. The molecule has 3 aromatic rings. The molecule has 1 saturated carbocycles. The highest BCUT2D eigenvalue weighted by molar-refractivity contribution is 7.99. The van der Waals surface area contributed by atoms with Crippen molar-refractivity contribution in [2.24, 2.45) is 0 Å². The van der Waals surface area contributed by atoms with Crippen LogP contribution in [0.15, 0.2) is 53.7 Å². The van der Waals surface area contributed by atoms with E-state index in [9.17, 15) is 14.4 Å². The number of ether oxygens (including phenoxy) is 2. The number of thioether (sulfide) groups is 1. The van der Waals surface area contributed by atoms with Gasteiger partial charge < -0.3 is 19.4 Å². The number of nitrogens with zero attached hydrogens (tertiary/aromatic N) is 3. The Hall–Kier alpha value is -3.66. The van der Waals surface area contributed by atoms with Gasteiger partial charge in [0, 0.05) is 11.6 Å². The second-order valence-electron chi connectivity index (χ2n) is 7.81. The zero-order valence-electron chi connectivity index (χ0n) is 18.8. The van der Waals surface area contributed by atoms with E-state index in [1.165, 1.54) is 44.2 Å². The smallest absolute Gasteiger partial charge is 0.337 e. The first kappa shape index (κ1) is 23.5. The zero-order valence-corrected chi connectivity index (χ0v) is 19.6. The molecule has 1 heterocycles. The summed E-state index contributed by atoms with van der Waals surface area (Å²) in [6, 6.07) is 14.3. The molecule has 1 fully saturated rings. The minimum Gasteiger partial charge on any atom is -0.465 e. The molecule has 10 heteroatoms. The number of hydrogen-bond donors (Lipinski definition) is 1. The third kappa shape index (κ3) is 5.63. The minimum absolute atomic E-state index is 0.0770. The molecule has 0 bridgehead atoms. The number of anilines is 1. The van der Waals surface area contributed by atoms with E-state index in [4.69, 9.17) is 9.47 Å². The normalized spacial score (nSPS) is 12.8. The van der Waals surface area contributed by atoms with Crippen LogP contribution in [0.5, 0.6) is 0 Å². The molecule has 2 aromatic carbocycles. The van der Waals surface area contributed by atoms with Crippen LogP contribution in [0.1, 0.15) is 50.9 Å². The molecule has 4 rings (SSSR count). The summed E-state index contributed by atoms with van der Waals surface area (Å²) in [4.78, 5) is 36.6. The van der Waals surface area contributed by atoms with E-state index in [1.54, 1.807) is 0 Å². The second kappa shape index (κ2) is 10.5. The Morgan fingerprint density at radius 3 is 2.24 bits per heavy atom. The van der Waals surface area contributed by atoms with Crippen LogP contribution in [0.4, 0.5) is 5.69 Å². The number of nitrogens with one attached hydrogen (secondary N) is 1. The monoisotopic (exact) mass is 480 g/mol. The lowest BCUT2D eigenvalue weighted by Crippen LogP contribution is -2.16. The lowest BCUT2D eigenvalue weighted by molar-refractivity contribution is -0.113. The van der Waals surface area contributed by atoms with Crippen LogP contribution in [0.3, 0.4) is 0 Å². The second-order valence-corrected chi connectivity index (χ2v) is 8.75. The van der Waals surface area contributed by atoms with Crippen molar-refractivity contribution in [2.75, 3.05) is 25.3 Å². The lowest BCUT2D eigenvalue weighted by Gasteiger charge is -2.11. The summed E-state index contributed by atoms with van der Waals surface area (Å²) in [6.07, 6.45) is 2.19. The molecular weight excluding hydrogens is 456 g/mol. The van der Waals surface area contributed by atoms with E-state index < -0.39 is 11.9 Å². The first-order valence-corrected chi connectivity index (χ1v) is 11.7. The summed E-state index contributed by atoms with van der Waals surface area (Å²) < 4.78 is 11.5. The third-order valence-corrected chi connectivity index (χ3v) is 6.23. The average molecular weight is 481 g/mol. The fraction of sp³-hybridized carbons (Fsp3) is 0.292. The van der Waals surface area contributed by atoms with Crippen LogP contribution in [0, 0.1) is 0 Å². The molecule has 0 atom stereocenters. The van der Waals surface area contributed by atoms with E-state index in [1.807, 2.05) is 30.3 Å². The Kier molecular flexibility index (Phi) is 7.27. The molecule has 0 radical (unpaired) electrons. The molecule has 0 saturated heterocycles. The predicted molar refractivity (Wildman–Crippen MR) is 126 cm³/mol. The van der Waals surface area contributed by atoms with Gasteiger partial charge >= 0.3 is 11.9 Å². The summed E-state index contributed by atoms with van der Waals surface area (Å²) in [6.45, 7) is 0.632. The Balaban J connectivity index is 1.47. The van der Waals surface area contributed by atoms with Gasteiger partial charge in [-0.05, 0) is 36.6 Å². The largest absolute Gasteiger partial charge is 0.465 e. The van der Waals surface area contributed by atoms with Crippen molar-refractivity contribution in [3.63, 3.8) is 0 Å². The fourth-order valence-electron chi connectivity index (χ4n) is 3.46. The van der Waals surface area contributed by atoms with E-state index in [2.05, 4.69) is 20.1 Å². The topological polar surface area (TPSA) is 112 Å². The summed E-state index contributed by atoms with van der Waals surface area (Å²) in [7, 11) is 2.48. The van der Waals surface area contributed by atoms with Gasteiger partial charge in [0.2, 0.25) is 5.91 Å². The van der Waals surface area contributed by atoms with Gasteiger partial charge in [0.1, 0.15) is 5.82 Å². The highest BCUT2D eigenvalue weighted by Crippen LogP contribution is 2.40. The van der Waals surface area contributed by atoms with E-state index >= 15 is 0 Å². The van der Waals surface area contributed by atoms with Crippen molar-refractivity contribution in [1.82, 2.24) is 14.8 Å². The third-order valence-electron chi connectivity index (χ3n) is 5.26. The predicted octanol–water partition coefficient (Wildman–Crippen LogP) is 3.51. The molecule has 176 valence electrons. The number of hydrogen-bond acceptors (Lipinski definition) is 8. The van der Waals surface area contributed by atoms with Crippen LogP contribution in [0.25, 0.3) is 0 Å². The number of benzene rings is 2. The maximum Gasteiger partial charge on any atom is 0.337 e. The Morgan fingerprint density at radius 1 is 1.00 bits per heavy atom. The number of aromatic nitrogens is 3. The maximum atomic E-state index is 12.7. The van der Waals surface area contributed by atoms with Gasteiger partial charge in [0.15, 0.2) is 5.16 Å². The zero-order chi connectivity index (χ0) is 24.1. The van der Waals surface area contributed by atoms with Gasteiger partial charge in [-0.25, -0.2) is 9.59 Å². The summed E-state index contributed by atoms with van der Waals surface area (Å²) in [5, 5.41) is 12.1. The van der Waals surface area contributed by atoms with Crippen molar-refractivity contribution in [3.8, 4) is 0 Å². The van der Waals surface area contributed by atoms with Gasteiger partial charge in [0.05, 0.1) is 37.6 Å². The number of carbonyl (C=O) groups excluding carboxylic acids is 3. The maximum absolute atomic E-state index is 12.7. The molecule has 0 aliphatic heterocycles. The number of methoxy groups -OCH3 is 2. The Labute approximate surface area is 200 Å². The molecule has 1 aliphatic rings. The van der Waals surface area contributed by atoms with Gasteiger partial charge in [-0.15, -0.1) is 10.2 Å². The molecule has 1 aliphatic carbocycles. The molecule has 0 spiro atoms. The molecule has 9 nitrogen and oxygen atoms in total. The Morgan fingerprint density at radius 2 is 1.65 bits per heavy atom. The van der Waals surface area contributed by atoms with Crippen LogP contribution < -0.4 is 5.32 Å². The van der Waals surface area contributed by atoms with Crippen LogP contribution in [0.2, 0.25) is 0 Å². The number of carbonyl (C=O) groups is 3. The van der Waals surface area contributed by atoms with Gasteiger partial charge in [-0.1, -0.05) is 42.1 Å². The first-order chi connectivity index (χ1) is 16.5. The van der Waals surface area contributed by atoms with Crippen molar-refractivity contribution < 1.29 is 23.9 Å². The number of esters is 2. The van der Waals surface area contributed by atoms with Crippen molar-refractivity contribution in [2.45, 2.75) is 30.5 Å². The van der Waals surface area contributed by atoms with E-state index in [0.29, 0.717) is 23.3 Å². The van der Waals surface area contributed by atoms with Crippen LogP contribution in [-0.4, -0.2) is 52.6 Å². The molecule has 1 amide bonds. The minimum atomic E-state index is -0.628. The van der Waals surface area contributed by atoms with Gasteiger partial charge in [-0.3, -0.25) is 4.79 Å². The van der Waals surface area contributed by atoms with Crippen molar-refractivity contribution in [1.29, 1.82) is 0 Å². The molecular formula is C24H24N4O5S. The van der Waals surface area contributed by atoms with Gasteiger partial charge in [-0.2, -0.15) is 0 Å². The molecule has 1 N–H and O–H groups in total. The highest BCUT2D eigenvalue weighted by Gasteiger charge is 2.30. The van der Waals surface area contributed by atoms with Crippen LogP contribution in [-0.2, 0) is 20.8 Å². The first-order valence-electron chi connectivity index (χ1n) is 10.7. The van der Waals surface area contributed by atoms with Crippen molar-refractivity contribution in [3.05, 3.63) is 71.0 Å². The van der Waals surface area contributed by atoms with Crippen LogP contribution >= 0.6 is 11.8 Å². The lowest BCUT2D eigenvalue weighted by atomic mass is 10.1. The standard InChI is InChI=1S/C24H24N4O5S/c1-32-22(30)17-10-18(23(31)33-2)12-19(11-17)25-20(29)14-34-24-27-26-21(16-8-9-16)28(24)13-15-6-4-3-5-7-15/h3-7,10-12,16H,8-9,13-14H2,1-2H3,(H,25,29). The van der Waals surface area contributed by atoms with E-state index in [0.717, 1.165) is 24.2 Å². The Bertz CT molecular complexity index is 1170. The highest BCUT2D eigenvalue weighted by atomic mass is 32.2. The molecule has 0 unspecified atom stereocenters. The fourth-order valence-corrected chi connectivity index (χ4v) is 4.21. The molecule has 34 heavy (non-hydrogen) atoms. The summed E-state index contributed by atoms with van der Waals surface area (Å²) >= 11 is 1.28. The SMILES string of the molecule is COC(=O)c1cc(NC(=O)CSc2nnc(C3CC3)n2Cc2ccccc2)cc(C(=O)OC)c1. The summed E-state index contributed by atoms with van der Waals surface area (Å²) in [5.41, 5.74) is 1.68. The average Bonchev–Trinajstić information content (AvgIpc) is 3.63. The number of rotatable bonds is 9. The van der Waals surface area contributed by atoms with Gasteiger partial charge in [0.25, 0.3) is 0 Å². The number of amides is 1. The van der Waals surface area contributed by atoms with Crippen molar-refractivity contribution >= 4 is 35.3 Å². The summed E-state index contributed by atoms with van der Waals surface area (Å²) in [5.74, 6) is -0.134. The van der Waals surface area contributed by atoms with E-state index in [-0.39, 0.29) is 22.8 Å².